The number of rotatable bonds is 7. The molecule has 17 heavy (non-hydrogen) atoms. The quantitative estimate of drug-likeness (QED) is 0.555. The van der Waals surface area contributed by atoms with Crippen LogP contribution in [0.2, 0.25) is 0 Å². The fourth-order valence-electron chi connectivity index (χ4n) is 1.61. The molecule has 0 saturated carbocycles. The molecule has 5 nitrogen and oxygen atoms in total. The van der Waals surface area contributed by atoms with Crippen LogP contribution >= 0.6 is 0 Å². The summed E-state index contributed by atoms with van der Waals surface area (Å²) in [6.45, 7) is 2.73. The third-order valence-electron chi connectivity index (χ3n) is 2.64. The Balaban J connectivity index is 2.35. The van der Waals surface area contributed by atoms with Gasteiger partial charge in [-0.15, -0.1) is 0 Å². The molecule has 0 aliphatic heterocycles. The minimum Gasteiger partial charge on any atom is -0.425 e. The summed E-state index contributed by atoms with van der Waals surface area (Å²) in [7, 11) is 0. The minimum atomic E-state index is 0.0695. The second kappa shape index (κ2) is 7.84. The molecule has 0 amide bonds. The van der Waals surface area contributed by atoms with Gasteiger partial charge in [0.05, 0.1) is 6.54 Å². The Morgan fingerprint density at radius 1 is 1.47 bits per heavy atom. The molecule has 1 aromatic rings. The molecule has 1 aromatic heterocycles. The average Bonchev–Trinajstić information content (AvgIpc) is 2.34. The van der Waals surface area contributed by atoms with Crippen LogP contribution < -0.4 is 11.2 Å². The van der Waals surface area contributed by atoms with Crippen LogP contribution in [0.25, 0.3) is 0 Å². The Kier molecular flexibility index (Phi) is 6.32. The lowest BCUT2D eigenvalue weighted by Gasteiger charge is -2.07. The summed E-state index contributed by atoms with van der Waals surface area (Å²) in [5, 5.41) is 9.39. The van der Waals surface area contributed by atoms with E-state index in [-0.39, 0.29) is 6.04 Å². The maximum atomic E-state index is 9.39. The largest absolute Gasteiger partial charge is 0.425 e. The second-order valence-corrected chi connectivity index (χ2v) is 4.23. The third kappa shape index (κ3) is 5.49. The predicted octanol–water partition coefficient (Wildman–Crippen LogP) is 1.32. The SMILES string of the molecule is CCCCCCC(N)CN=c1ccncn1O. The first-order valence-electron chi connectivity index (χ1n) is 6.22. The van der Waals surface area contributed by atoms with Crippen LogP contribution in [0.15, 0.2) is 23.6 Å². The second-order valence-electron chi connectivity index (χ2n) is 4.23. The van der Waals surface area contributed by atoms with Gasteiger partial charge in [0.25, 0.3) is 0 Å². The van der Waals surface area contributed by atoms with Gasteiger partial charge in [0, 0.05) is 18.3 Å². The molecule has 96 valence electrons. The zero-order valence-electron chi connectivity index (χ0n) is 10.4. The Bertz CT molecular complexity index is 375. The van der Waals surface area contributed by atoms with Crippen molar-refractivity contribution >= 4 is 0 Å². The summed E-state index contributed by atoms with van der Waals surface area (Å²) in [4.78, 5) is 8.02. The highest BCUT2D eigenvalue weighted by atomic mass is 16.5. The fourth-order valence-corrected chi connectivity index (χ4v) is 1.61. The van der Waals surface area contributed by atoms with Crippen molar-refractivity contribution in [1.82, 2.24) is 9.71 Å². The Morgan fingerprint density at radius 2 is 2.29 bits per heavy atom. The molecule has 0 fully saturated rings. The van der Waals surface area contributed by atoms with Gasteiger partial charge in [0.15, 0.2) is 5.49 Å². The normalized spacial score (nSPS) is 13.9. The molecule has 1 atom stereocenters. The van der Waals surface area contributed by atoms with Crippen LogP contribution in [0, 0.1) is 0 Å². The van der Waals surface area contributed by atoms with Gasteiger partial charge < -0.3 is 10.9 Å². The molecule has 5 heteroatoms. The maximum Gasteiger partial charge on any atom is 0.166 e. The standard InChI is InChI=1S/C12H22N4O/c1-2-3-4-5-6-11(13)9-15-12-7-8-14-10-16(12)17/h7-8,10-11,17H,2-6,9,13H2,1H3. The summed E-state index contributed by atoms with van der Waals surface area (Å²) in [6, 6.07) is 1.73. The summed E-state index contributed by atoms with van der Waals surface area (Å²) >= 11 is 0. The lowest BCUT2D eigenvalue weighted by molar-refractivity contribution is 0.167. The first-order valence-corrected chi connectivity index (χ1v) is 6.22. The zero-order valence-corrected chi connectivity index (χ0v) is 10.4. The van der Waals surface area contributed by atoms with Gasteiger partial charge in [0.2, 0.25) is 0 Å². The average molecular weight is 238 g/mol. The lowest BCUT2D eigenvalue weighted by atomic mass is 10.1. The smallest absolute Gasteiger partial charge is 0.166 e. The van der Waals surface area contributed by atoms with Crippen LogP contribution in [0.4, 0.5) is 0 Å². The highest BCUT2D eigenvalue weighted by Crippen LogP contribution is 2.04. The Morgan fingerprint density at radius 3 is 3.00 bits per heavy atom. The molecule has 3 N–H and O–H groups in total. The van der Waals surface area contributed by atoms with Crippen molar-refractivity contribution in [2.75, 3.05) is 6.54 Å². The first-order chi connectivity index (χ1) is 8.24. The summed E-state index contributed by atoms with van der Waals surface area (Å²) in [5.74, 6) is 0. The zero-order chi connectivity index (χ0) is 12.5. The van der Waals surface area contributed by atoms with E-state index in [1.54, 1.807) is 12.3 Å². The van der Waals surface area contributed by atoms with Crippen LogP contribution in [0.3, 0.4) is 0 Å². The van der Waals surface area contributed by atoms with Gasteiger partial charge in [-0.25, -0.2) is 4.98 Å². The van der Waals surface area contributed by atoms with Gasteiger partial charge in [-0.2, -0.15) is 4.73 Å². The Hall–Kier alpha value is -1.36. The van der Waals surface area contributed by atoms with E-state index in [2.05, 4.69) is 16.9 Å². The highest BCUT2D eigenvalue weighted by molar-refractivity contribution is 4.79. The van der Waals surface area contributed by atoms with E-state index in [1.165, 1.54) is 25.6 Å². The van der Waals surface area contributed by atoms with E-state index in [4.69, 9.17) is 5.73 Å². The molecule has 0 aliphatic rings. The van der Waals surface area contributed by atoms with E-state index < -0.39 is 0 Å². The highest BCUT2D eigenvalue weighted by Gasteiger charge is 2.00. The van der Waals surface area contributed by atoms with Crippen molar-refractivity contribution in [2.45, 2.75) is 45.1 Å². The van der Waals surface area contributed by atoms with Gasteiger partial charge >= 0.3 is 0 Å². The van der Waals surface area contributed by atoms with E-state index in [0.29, 0.717) is 12.0 Å². The van der Waals surface area contributed by atoms with Crippen LogP contribution in [-0.4, -0.2) is 27.5 Å². The van der Waals surface area contributed by atoms with Crippen molar-refractivity contribution < 1.29 is 5.21 Å². The molecule has 0 aromatic carbocycles. The maximum absolute atomic E-state index is 9.39. The van der Waals surface area contributed by atoms with Crippen molar-refractivity contribution in [2.24, 2.45) is 10.7 Å². The molecule has 0 spiro atoms. The van der Waals surface area contributed by atoms with E-state index in [0.717, 1.165) is 17.6 Å². The molecule has 1 heterocycles. The molecular weight excluding hydrogens is 216 g/mol. The lowest BCUT2D eigenvalue weighted by Crippen LogP contribution is -2.27. The van der Waals surface area contributed by atoms with Crippen molar-refractivity contribution in [1.29, 1.82) is 0 Å². The molecule has 0 bridgehead atoms. The van der Waals surface area contributed by atoms with E-state index in [1.807, 2.05) is 0 Å². The number of nitrogens with two attached hydrogens (primary N) is 1. The number of aromatic nitrogens is 2. The molecule has 1 rings (SSSR count). The van der Waals surface area contributed by atoms with Crippen molar-refractivity contribution in [3.63, 3.8) is 0 Å². The van der Waals surface area contributed by atoms with Gasteiger partial charge in [-0.05, 0) is 6.42 Å². The number of unbranched alkanes of at least 4 members (excludes halogenated alkanes) is 3. The summed E-state index contributed by atoms with van der Waals surface area (Å²) < 4.78 is 0.907. The van der Waals surface area contributed by atoms with Gasteiger partial charge in [-0.3, -0.25) is 4.99 Å². The number of nitrogens with zero attached hydrogens (tertiary/aromatic N) is 3. The Labute approximate surface area is 102 Å². The topological polar surface area (TPSA) is 76.4 Å². The molecule has 1 unspecified atom stereocenters. The first kappa shape index (κ1) is 13.7. The molecule has 0 saturated heterocycles. The monoisotopic (exact) mass is 238 g/mol. The third-order valence-corrected chi connectivity index (χ3v) is 2.64. The van der Waals surface area contributed by atoms with Crippen LogP contribution in [0.1, 0.15) is 39.0 Å². The van der Waals surface area contributed by atoms with Gasteiger partial charge in [-0.1, -0.05) is 32.6 Å². The number of hydrogen-bond donors (Lipinski definition) is 2. The predicted molar refractivity (Wildman–Crippen MR) is 66.6 cm³/mol. The summed E-state index contributed by atoms with van der Waals surface area (Å²) in [5.41, 5.74) is 6.44. The van der Waals surface area contributed by atoms with Crippen LogP contribution in [0.5, 0.6) is 0 Å². The van der Waals surface area contributed by atoms with Crippen LogP contribution in [-0.2, 0) is 0 Å². The fraction of sp³-hybridized carbons (Fsp3) is 0.667. The van der Waals surface area contributed by atoms with Gasteiger partial charge in [0.1, 0.15) is 6.33 Å². The van der Waals surface area contributed by atoms with Crippen molar-refractivity contribution in [3.8, 4) is 0 Å². The number of hydrogen-bond acceptors (Lipinski definition) is 4. The molecular formula is C12H22N4O. The minimum absolute atomic E-state index is 0.0695. The molecule has 0 aliphatic carbocycles. The van der Waals surface area contributed by atoms with E-state index in [9.17, 15) is 5.21 Å². The molecule has 0 radical (unpaired) electrons. The summed E-state index contributed by atoms with van der Waals surface area (Å²) in [6.07, 6.45) is 8.79. The van der Waals surface area contributed by atoms with E-state index >= 15 is 0 Å². The van der Waals surface area contributed by atoms with Crippen molar-refractivity contribution in [3.05, 3.63) is 24.1 Å².